The van der Waals surface area contributed by atoms with E-state index in [4.69, 9.17) is 4.74 Å². The van der Waals surface area contributed by atoms with Crippen molar-refractivity contribution >= 4 is 17.5 Å². The zero-order valence-electron chi connectivity index (χ0n) is 12.8. The lowest BCUT2D eigenvalue weighted by Crippen LogP contribution is -2.28. The molecule has 1 aromatic carbocycles. The first-order valence-corrected chi connectivity index (χ1v) is 7.01. The van der Waals surface area contributed by atoms with E-state index in [1.165, 1.54) is 31.5 Å². The van der Waals surface area contributed by atoms with Crippen LogP contribution in [0.25, 0.3) is 0 Å². The van der Waals surface area contributed by atoms with Gasteiger partial charge in [-0.15, -0.1) is 0 Å². The fourth-order valence-corrected chi connectivity index (χ4v) is 1.83. The van der Waals surface area contributed by atoms with Crippen molar-refractivity contribution in [1.82, 2.24) is 10.3 Å². The van der Waals surface area contributed by atoms with Gasteiger partial charge in [0.25, 0.3) is 11.8 Å². The van der Waals surface area contributed by atoms with Crippen molar-refractivity contribution in [3.05, 3.63) is 59.4 Å². The van der Waals surface area contributed by atoms with Crippen LogP contribution in [0, 0.1) is 11.6 Å². The number of benzene rings is 1. The Morgan fingerprint density at radius 2 is 1.92 bits per heavy atom. The normalized spacial score (nSPS) is 10.3. The average molecular weight is 335 g/mol. The number of pyridine rings is 1. The van der Waals surface area contributed by atoms with E-state index in [2.05, 4.69) is 15.6 Å². The van der Waals surface area contributed by atoms with Gasteiger partial charge in [-0.2, -0.15) is 0 Å². The van der Waals surface area contributed by atoms with Gasteiger partial charge in [-0.3, -0.25) is 14.6 Å². The first-order chi connectivity index (χ1) is 11.5. The summed E-state index contributed by atoms with van der Waals surface area (Å²) in [6, 6.07) is 5.72. The number of ether oxygens (including phenoxy) is 1. The second-order valence-electron chi connectivity index (χ2n) is 4.76. The molecule has 0 bridgehead atoms. The van der Waals surface area contributed by atoms with Crippen molar-refractivity contribution in [2.75, 3.05) is 25.6 Å². The van der Waals surface area contributed by atoms with E-state index in [9.17, 15) is 18.4 Å². The minimum atomic E-state index is -1.07. The second kappa shape index (κ2) is 8.11. The maximum atomic E-state index is 13.2. The van der Waals surface area contributed by atoms with Crippen LogP contribution in [0.2, 0.25) is 0 Å². The topological polar surface area (TPSA) is 80.3 Å². The third kappa shape index (κ3) is 4.56. The lowest BCUT2D eigenvalue weighted by molar-refractivity contribution is 0.0932. The van der Waals surface area contributed by atoms with Crippen molar-refractivity contribution in [2.45, 2.75) is 0 Å². The third-order valence-corrected chi connectivity index (χ3v) is 3.02. The highest BCUT2D eigenvalue weighted by atomic mass is 19.2. The number of carbonyl (C=O) groups excluding carboxylic acids is 2. The van der Waals surface area contributed by atoms with Gasteiger partial charge in [0.15, 0.2) is 11.6 Å². The average Bonchev–Trinajstić information content (AvgIpc) is 2.58. The highest BCUT2D eigenvalue weighted by molar-refractivity contribution is 6.05. The highest BCUT2D eigenvalue weighted by Gasteiger charge is 2.12. The van der Waals surface area contributed by atoms with Crippen LogP contribution < -0.4 is 10.6 Å². The third-order valence-electron chi connectivity index (χ3n) is 3.02. The Kier molecular flexibility index (Phi) is 5.91. The molecule has 2 rings (SSSR count). The Balaban J connectivity index is 2.08. The van der Waals surface area contributed by atoms with Crippen LogP contribution in [0.15, 0.2) is 36.5 Å². The summed E-state index contributed by atoms with van der Waals surface area (Å²) >= 11 is 0. The molecule has 0 radical (unpaired) electrons. The summed E-state index contributed by atoms with van der Waals surface area (Å²) in [6.45, 7) is 0.657. The summed E-state index contributed by atoms with van der Waals surface area (Å²) < 4.78 is 30.8. The molecule has 0 fully saturated rings. The number of methoxy groups -OCH3 is 1. The van der Waals surface area contributed by atoms with Gasteiger partial charge in [-0.25, -0.2) is 8.78 Å². The van der Waals surface area contributed by atoms with E-state index < -0.39 is 23.4 Å². The van der Waals surface area contributed by atoms with Crippen molar-refractivity contribution in [3.63, 3.8) is 0 Å². The fourth-order valence-electron chi connectivity index (χ4n) is 1.83. The summed E-state index contributed by atoms with van der Waals surface area (Å²) in [7, 11) is 1.51. The molecule has 0 aliphatic carbocycles. The molecule has 0 saturated heterocycles. The van der Waals surface area contributed by atoms with Crippen LogP contribution in [0.4, 0.5) is 14.5 Å². The number of amides is 2. The lowest BCUT2D eigenvalue weighted by atomic mass is 10.2. The van der Waals surface area contributed by atoms with Gasteiger partial charge in [-0.05, 0) is 24.3 Å². The molecule has 0 aliphatic heterocycles. The molecule has 0 saturated carbocycles. The summed E-state index contributed by atoms with van der Waals surface area (Å²) in [5, 5.41) is 5.00. The zero-order chi connectivity index (χ0) is 17.5. The molecule has 2 aromatic rings. The Labute approximate surface area is 136 Å². The van der Waals surface area contributed by atoms with E-state index >= 15 is 0 Å². The van der Waals surface area contributed by atoms with Crippen molar-refractivity contribution < 1.29 is 23.1 Å². The van der Waals surface area contributed by atoms with E-state index in [0.29, 0.717) is 13.2 Å². The standard InChI is InChI=1S/C16H15F2N3O3/c1-24-7-6-20-16(23)14-8-10(4-5-19-14)15(22)21-11-2-3-12(17)13(18)9-11/h2-5,8-9H,6-7H2,1H3,(H,20,23)(H,21,22). The fraction of sp³-hybridized carbons (Fsp3) is 0.188. The SMILES string of the molecule is COCCNC(=O)c1cc(C(=O)Nc2ccc(F)c(F)c2)ccn1. The lowest BCUT2D eigenvalue weighted by Gasteiger charge is -2.07. The number of rotatable bonds is 6. The number of hydrogen-bond acceptors (Lipinski definition) is 4. The van der Waals surface area contributed by atoms with Crippen LogP contribution in [0.5, 0.6) is 0 Å². The molecule has 8 heteroatoms. The molecule has 0 aliphatic rings. The quantitative estimate of drug-likeness (QED) is 0.791. The van der Waals surface area contributed by atoms with Gasteiger partial charge < -0.3 is 15.4 Å². The molecule has 6 nitrogen and oxygen atoms in total. The van der Waals surface area contributed by atoms with Crippen LogP contribution in [-0.2, 0) is 4.74 Å². The first kappa shape index (κ1) is 17.5. The van der Waals surface area contributed by atoms with Gasteiger partial charge >= 0.3 is 0 Å². The van der Waals surface area contributed by atoms with E-state index in [1.54, 1.807) is 0 Å². The molecule has 126 valence electrons. The van der Waals surface area contributed by atoms with Gasteiger partial charge in [0, 0.05) is 37.2 Å². The van der Waals surface area contributed by atoms with Gasteiger partial charge in [0.05, 0.1) is 6.61 Å². The predicted molar refractivity (Wildman–Crippen MR) is 82.8 cm³/mol. The summed E-state index contributed by atoms with van der Waals surface area (Å²) in [5.74, 6) is -3.10. The number of halogens is 2. The number of hydrogen-bond donors (Lipinski definition) is 2. The highest BCUT2D eigenvalue weighted by Crippen LogP contribution is 2.14. The van der Waals surface area contributed by atoms with E-state index in [-0.39, 0.29) is 16.9 Å². The Bertz CT molecular complexity index is 753. The minimum absolute atomic E-state index is 0.0593. The number of carbonyl (C=O) groups is 2. The molecule has 1 heterocycles. The number of aromatic nitrogens is 1. The van der Waals surface area contributed by atoms with E-state index in [0.717, 1.165) is 12.1 Å². The molecule has 0 atom stereocenters. The molecule has 0 unspecified atom stereocenters. The summed E-state index contributed by atoms with van der Waals surface area (Å²) in [4.78, 5) is 27.9. The Morgan fingerprint density at radius 1 is 1.12 bits per heavy atom. The number of nitrogens with zero attached hydrogens (tertiary/aromatic N) is 1. The first-order valence-electron chi connectivity index (χ1n) is 7.01. The molecule has 2 amide bonds. The zero-order valence-corrected chi connectivity index (χ0v) is 12.8. The van der Waals surface area contributed by atoms with Gasteiger partial charge in [0.2, 0.25) is 0 Å². The van der Waals surface area contributed by atoms with E-state index in [1.807, 2.05) is 0 Å². The predicted octanol–water partition coefficient (Wildman–Crippen LogP) is 1.99. The molecule has 24 heavy (non-hydrogen) atoms. The largest absolute Gasteiger partial charge is 0.383 e. The van der Waals surface area contributed by atoms with Crippen LogP contribution in [0.3, 0.4) is 0 Å². The number of anilines is 1. The second-order valence-corrected chi connectivity index (χ2v) is 4.76. The van der Waals surface area contributed by atoms with Crippen LogP contribution in [-0.4, -0.2) is 37.1 Å². The molecule has 1 aromatic heterocycles. The van der Waals surface area contributed by atoms with Crippen LogP contribution in [0.1, 0.15) is 20.8 Å². The summed E-state index contributed by atoms with van der Waals surface area (Å²) in [6.07, 6.45) is 1.31. The number of nitrogens with one attached hydrogen (secondary N) is 2. The maximum Gasteiger partial charge on any atom is 0.269 e. The minimum Gasteiger partial charge on any atom is -0.383 e. The van der Waals surface area contributed by atoms with Crippen LogP contribution >= 0.6 is 0 Å². The summed E-state index contributed by atoms with van der Waals surface area (Å²) in [5.41, 5.74) is 0.317. The Morgan fingerprint density at radius 3 is 2.62 bits per heavy atom. The Hall–Kier alpha value is -2.87. The molecular weight excluding hydrogens is 320 g/mol. The molecular formula is C16H15F2N3O3. The smallest absolute Gasteiger partial charge is 0.269 e. The van der Waals surface area contributed by atoms with Crippen molar-refractivity contribution in [3.8, 4) is 0 Å². The monoisotopic (exact) mass is 335 g/mol. The molecule has 2 N–H and O–H groups in total. The van der Waals surface area contributed by atoms with Gasteiger partial charge in [0.1, 0.15) is 5.69 Å². The van der Waals surface area contributed by atoms with Crippen molar-refractivity contribution in [2.24, 2.45) is 0 Å². The molecule has 0 spiro atoms. The van der Waals surface area contributed by atoms with Gasteiger partial charge in [-0.1, -0.05) is 0 Å². The maximum absolute atomic E-state index is 13.2. The van der Waals surface area contributed by atoms with Crippen molar-refractivity contribution in [1.29, 1.82) is 0 Å².